The fraction of sp³-hybridized carbons (Fsp3) is 0.429. The zero-order chi connectivity index (χ0) is 14.3. The molecule has 0 aromatic heterocycles. The maximum Gasteiger partial charge on any atom is 0.224 e. The number of nitrogens with one attached hydrogen (secondary N) is 3. The van der Waals surface area contributed by atoms with Gasteiger partial charge < -0.3 is 16.0 Å². The number of rotatable bonds is 6. The fourth-order valence-electron chi connectivity index (χ4n) is 1.72. The molecule has 1 rings (SSSR count). The number of hydrogen-bond donors (Lipinski definition) is 3. The van der Waals surface area contributed by atoms with Gasteiger partial charge in [-0.15, -0.1) is 12.4 Å². The third-order valence-corrected chi connectivity index (χ3v) is 2.67. The van der Waals surface area contributed by atoms with Crippen molar-refractivity contribution in [2.45, 2.75) is 20.4 Å². The van der Waals surface area contributed by atoms with Crippen LogP contribution in [0.25, 0.3) is 0 Å². The molecule has 0 spiro atoms. The molecule has 112 valence electrons. The molecule has 1 unspecified atom stereocenters. The number of carbonyl (C=O) groups excluding carboxylic acids is 2. The second kappa shape index (κ2) is 9.34. The first-order chi connectivity index (χ1) is 9.02. The smallest absolute Gasteiger partial charge is 0.224 e. The zero-order valence-electron chi connectivity index (χ0n) is 12.0. The summed E-state index contributed by atoms with van der Waals surface area (Å²) in [6, 6.07) is 7.43. The molecular formula is C14H22ClN3O2. The normalized spacial score (nSPS) is 11.2. The number of halogens is 1. The first-order valence-corrected chi connectivity index (χ1v) is 6.31. The van der Waals surface area contributed by atoms with E-state index in [0.717, 1.165) is 11.3 Å². The fourth-order valence-corrected chi connectivity index (χ4v) is 1.72. The second-order valence-electron chi connectivity index (χ2n) is 4.56. The van der Waals surface area contributed by atoms with Crippen LogP contribution in [-0.2, 0) is 16.1 Å². The van der Waals surface area contributed by atoms with E-state index in [9.17, 15) is 9.59 Å². The predicted octanol–water partition coefficient (Wildman–Crippen LogP) is 1.54. The Kier molecular flexibility index (Phi) is 8.59. The molecule has 0 radical (unpaired) electrons. The van der Waals surface area contributed by atoms with Gasteiger partial charge in [-0.25, -0.2) is 0 Å². The van der Waals surface area contributed by atoms with Crippen molar-refractivity contribution in [1.29, 1.82) is 0 Å². The van der Waals surface area contributed by atoms with E-state index in [0.29, 0.717) is 13.1 Å². The maximum absolute atomic E-state index is 11.7. The third-order valence-electron chi connectivity index (χ3n) is 2.67. The SMILES string of the molecule is CNCC(C)C(=O)NCc1cccc(NC(C)=O)c1.Cl. The van der Waals surface area contributed by atoms with E-state index >= 15 is 0 Å². The van der Waals surface area contributed by atoms with E-state index in [-0.39, 0.29) is 30.1 Å². The average Bonchev–Trinajstić information content (AvgIpc) is 2.36. The minimum absolute atomic E-state index is 0. The molecule has 20 heavy (non-hydrogen) atoms. The number of amides is 2. The first-order valence-electron chi connectivity index (χ1n) is 6.31. The van der Waals surface area contributed by atoms with E-state index in [1.165, 1.54) is 6.92 Å². The monoisotopic (exact) mass is 299 g/mol. The number of benzene rings is 1. The zero-order valence-corrected chi connectivity index (χ0v) is 12.8. The largest absolute Gasteiger partial charge is 0.352 e. The Labute approximate surface area is 125 Å². The summed E-state index contributed by atoms with van der Waals surface area (Å²) < 4.78 is 0. The highest BCUT2D eigenvalue weighted by Gasteiger charge is 2.10. The van der Waals surface area contributed by atoms with Crippen LogP contribution < -0.4 is 16.0 Å². The van der Waals surface area contributed by atoms with Gasteiger partial charge in [-0.3, -0.25) is 9.59 Å². The molecule has 3 N–H and O–H groups in total. The summed E-state index contributed by atoms with van der Waals surface area (Å²) in [4.78, 5) is 22.7. The molecule has 0 saturated heterocycles. The Morgan fingerprint density at radius 1 is 1.30 bits per heavy atom. The molecule has 5 nitrogen and oxygen atoms in total. The van der Waals surface area contributed by atoms with Gasteiger partial charge in [-0.05, 0) is 24.7 Å². The molecule has 2 amide bonds. The van der Waals surface area contributed by atoms with Gasteiger partial charge in [-0.1, -0.05) is 19.1 Å². The molecule has 0 heterocycles. The van der Waals surface area contributed by atoms with Crippen molar-refractivity contribution in [3.63, 3.8) is 0 Å². The summed E-state index contributed by atoms with van der Waals surface area (Å²) in [6.45, 7) is 4.45. The van der Waals surface area contributed by atoms with Crippen molar-refractivity contribution in [3.05, 3.63) is 29.8 Å². The molecule has 6 heteroatoms. The van der Waals surface area contributed by atoms with Gasteiger partial charge in [0.05, 0.1) is 0 Å². The molecule has 1 aromatic rings. The van der Waals surface area contributed by atoms with Gasteiger partial charge in [0.15, 0.2) is 0 Å². The predicted molar refractivity (Wildman–Crippen MR) is 82.9 cm³/mol. The van der Waals surface area contributed by atoms with Crippen molar-refractivity contribution in [2.24, 2.45) is 5.92 Å². The summed E-state index contributed by atoms with van der Waals surface area (Å²) in [7, 11) is 1.82. The van der Waals surface area contributed by atoms with Crippen molar-refractivity contribution in [2.75, 3.05) is 18.9 Å². The Hall–Kier alpha value is -1.59. The third kappa shape index (κ3) is 6.54. The first kappa shape index (κ1) is 18.4. The van der Waals surface area contributed by atoms with Crippen LogP contribution in [-0.4, -0.2) is 25.4 Å². The minimum atomic E-state index is -0.108. The Balaban J connectivity index is 0.00000361. The van der Waals surface area contributed by atoms with Crippen LogP contribution in [0.4, 0.5) is 5.69 Å². The van der Waals surface area contributed by atoms with E-state index in [1.807, 2.05) is 38.2 Å². The van der Waals surface area contributed by atoms with Crippen LogP contribution >= 0.6 is 12.4 Å². The summed E-state index contributed by atoms with van der Waals surface area (Å²) >= 11 is 0. The van der Waals surface area contributed by atoms with Crippen LogP contribution in [0.5, 0.6) is 0 Å². The second-order valence-corrected chi connectivity index (χ2v) is 4.56. The molecular weight excluding hydrogens is 278 g/mol. The van der Waals surface area contributed by atoms with E-state index in [4.69, 9.17) is 0 Å². The molecule has 0 fully saturated rings. The van der Waals surface area contributed by atoms with E-state index in [1.54, 1.807) is 0 Å². The van der Waals surface area contributed by atoms with Crippen molar-refractivity contribution in [3.8, 4) is 0 Å². The molecule has 1 atom stereocenters. The topological polar surface area (TPSA) is 70.2 Å². The van der Waals surface area contributed by atoms with Gasteiger partial charge >= 0.3 is 0 Å². The van der Waals surface area contributed by atoms with Crippen LogP contribution in [0, 0.1) is 5.92 Å². The lowest BCUT2D eigenvalue weighted by Gasteiger charge is -2.12. The van der Waals surface area contributed by atoms with E-state index < -0.39 is 0 Å². The highest BCUT2D eigenvalue weighted by Crippen LogP contribution is 2.10. The Morgan fingerprint density at radius 3 is 2.60 bits per heavy atom. The van der Waals surface area contributed by atoms with Gasteiger partial charge in [-0.2, -0.15) is 0 Å². The summed E-state index contributed by atoms with van der Waals surface area (Å²) in [5, 5.41) is 8.56. The Morgan fingerprint density at radius 2 is 2.00 bits per heavy atom. The summed E-state index contributed by atoms with van der Waals surface area (Å²) in [5.41, 5.74) is 1.69. The molecule has 0 saturated carbocycles. The molecule has 0 aliphatic rings. The van der Waals surface area contributed by atoms with Crippen LogP contribution in [0.1, 0.15) is 19.4 Å². The maximum atomic E-state index is 11.7. The van der Waals surface area contributed by atoms with Crippen LogP contribution in [0.15, 0.2) is 24.3 Å². The number of hydrogen-bond acceptors (Lipinski definition) is 3. The summed E-state index contributed by atoms with van der Waals surface area (Å²) in [6.07, 6.45) is 0. The van der Waals surface area contributed by atoms with Crippen LogP contribution in [0.3, 0.4) is 0 Å². The van der Waals surface area contributed by atoms with Gasteiger partial charge in [0.1, 0.15) is 0 Å². The lowest BCUT2D eigenvalue weighted by atomic mass is 10.1. The standard InChI is InChI=1S/C14H21N3O2.ClH/c1-10(8-15-3)14(19)16-9-12-5-4-6-13(7-12)17-11(2)18;/h4-7,10,15H,8-9H2,1-3H3,(H,16,19)(H,17,18);1H. The van der Waals surface area contributed by atoms with E-state index in [2.05, 4.69) is 16.0 Å². The number of carbonyl (C=O) groups is 2. The Bertz CT molecular complexity index is 452. The lowest BCUT2D eigenvalue weighted by molar-refractivity contribution is -0.124. The van der Waals surface area contributed by atoms with Gasteiger partial charge in [0.25, 0.3) is 0 Å². The highest BCUT2D eigenvalue weighted by molar-refractivity contribution is 5.88. The minimum Gasteiger partial charge on any atom is -0.352 e. The van der Waals surface area contributed by atoms with Gasteiger partial charge in [0, 0.05) is 31.6 Å². The molecule has 0 aliphatic heterocycles. The summed E-state index contributed by atoms with van der Waals surface area (Å²) in [5.74, 6) is -0.161. The molecule has 0 aliphatic carbocycles. The average molecular weight is 300 g/mol. The number of anilines is 1. The van der Waals surface area contributed by atoms with Crippen molar-refractivity contribution in [1.82, 2.24) is 10.6 Å². The van der Waals surface area contributed by atoms with Crippen molar-refractivity contribution < 1.29 is 9.59 Å². The van der Waals surface area contributed by atoms with Gasteiger partial charge in [0.2, 0.25) is 11.8 Å². The highest BCUT2D eigenvalue weighted by atomic mass is 35.5. The van der Waals surface area contributed by atoms with Crippen LogP contribution in [0.2, 0.25) is 0 Å². The molecule has 0 bridgehead atoms. The molecule has 1 aromatic carbocycles. The quantitative estimate of drug-likeness (QED) is 0.746. The lowest BCUT2D eigenvalue weighted by Crippen LogP contribution is -2.33. The van der Waals surface area contributed by atoms with Crippen molar-refractivity contribution >= 4 is 29.9 Å².